The number of anilines is 1. The molecule has 0 aliphatic carbocycles. The summed E-state index contributed by atoms with van der Waals surface area (Å²) in [6.45, 7) is 2.07. The summed E-state index contributed by atoms with van der Waals surface area (Å²) in [6.07, 6.45) is 0.571. The first-order valence-corrected chi connectivity index (χ1v) is 8.19. The lowest BCUT2D eigenvalue weighted by molar-refractivity contribution is 0.250. The highest BCUT2D eigenvalue weighted by Crippen LogP contribution is 2.18. The minimum absolute atomic E-state index is 0.0423. The molecule has 5 nitrogen and oxygen atoms in total. The van der Waals surface area contributed by atoms with Crippen molar-refractivity contribution in [2.24, 2.45) is 5.92 Å². The summed E-state index contributed by atoms with van der Waals surface area (Å²) in [6, 6.07) is 3.69. The molecule has 1 atom stereocenters. The van der Waals surface area contributed by atoms with Crippen molar-refractivity contribution < 1.29 is 17.6 Å². The van der Waals surface area contributed by atoms with Crippen LogP contribution in [-0.4, -0.2) is 32.5 Å². The first-order chi connectivity index (χ1) is 9.35. The highest BCUT2D eigenvalue weighted by atomic mass is 32.2. The van der Waals surface area contributed by atoms with Gasteiger partial charge in [-0.15, -0.1) is 0 Å². The average molecular weight is 300 g/mol. The molecule has 1 aromatic rings. The third-order valence-corrected chi connectivity index (χ3v) is 5.16. The second kappa shape index (κ2) is 5.78. The second-order valence-corrected chi connectivity index (χ2v) is 7.29. The Kier molecular flexibility index (Phi) is 4.27. The van der Waals surface area contributed by atoms with Gasteiger partial charge in [0.25, 0.3) is 0 Å². The van der Waals surface area contributed by atoms with Gasteiger partial charge < -0.3 is 10.6 Å². The smallest absolute Gasteiger partial charge is 0.319 e. The summed E-state index contributed by atoms with van der Waals surface area (Å²) in [5.41, 5.74) is 1.16. The normalized spacial score (nSPS) is 20.6. The van der Waals surface area contributed by atoms with Crippen LogP contribution in [0.25, 0.3) is 0 Å². The number of hydrogen-bond acceptors (Lipinski definition) is 3. The zero-order chi connectivity index (χ0) is 14.8. The molecule has 20 heavy (non-hydrogen) atoms. The number of sulfone groups is 1. The predicted molar refractivity (Wildman–Crippen MR) is 74.9 cm³/mol. The molecule has 0 unspecified atom stereocenters. The van der Waals surface area contributed by atoms with Gasteiger partial charge in [-0.3, -0.25) is 0 Å². The SMILES string of the molecule is Cc1ccc(F)cc1NC(=O)NC[C@H]1CCS(=O)(=O)C1. The Morgan fingerprint density at radius 2 is 2.20 bits per heavy atom. The Labute approximate surface area is 117 Å². The molecule has 110 valence electrons. The van der Waals surface area contributed by atoms with Crippen molar-refractivity contribution in [1.82, 2.24) is 5.32 Å². The number of benzene rings is 1. The molecule has 1 aliphatic heterocycles. The van der Waals surface area contributed by atoms with E-state index in [0.717, 1.165) is 5.56 Å². The maximum Gasteiger partial charge on any atom is 0.319 e. The number of aryl methyl sites for hydroxylation is 1. The molecule has 2 N–H and O–H groups in total. The molecule has 0 radical (unpaired) electrons. The fourth-order valence-corrected chi connectivity index (χ4v) is 4.03. The maximum absolute atomic E-state index is 13.1. The molecule has 2 rings (SSSR count). The number of hydrogen-bond donors (Lipinski definition) is 2. The van der Waals surface area contributed by atoms with E-state index in [1.54, 1.807) is 13.0 Å². The molecule has 0 saturated carbocycles. The van der Waals surface area contributed by atoms with Gasteiger partial charge >= 0.3 is 6.03 Å². The van der Waals surface area contributed by atoms with Crippen LogP contribution >= 0.6 is 0 Å². The summed E-state index contributed by atoms with van der Waals surface area (Å²) < 4.78 is 35.7. The third kappa shape index (κ3) is 3.93. The predicted octanol–water partition coefficient (Wildman–Crippen LogP) is 1.69. The van der Waals surface area contributed by atoms with E-state index in [0.29, 0.717) is 18.7 Å². The minimum Gasteiger partial charge on any atom is -0.338 e. The first kappa shape index (κ1) is 14.8. The van der Waals surface area contributed by atoms with E-state index >= 15 is 0 Å². The minimum atomic E-state index is -2.94. The van der Waals surface area contributed by atoms with Crippen LogP contribution in [0.15, 0.2) is 18.2 Å². The van der Waals surface area contributed by atoms with Gasteiger partial charge in [-0.25, -0.2) is 17.6 Å². The molecule has 0 spiro atoms. The van der Waals surface area contributed by atoms with Gasteiger partial charge in [0.2, 0.25) is 0 Å². The van der Waals surface area contributed by atoms with Gasteiger partial charge in [0, 0.05) is 12.2 Å². The van der Waals surface area contributed by atoms with E-state index in [4.69, 9.17) is 0 Å². The lowest BCUT2D eigenvalue weighted by atomic mass is 10.1. The molecule has 7 heteroatoms. The van der Waals surface area contributed by atoms with Crippen LogP contribution in [0, 0.1) is 18.7 Å². The topological polar surface area (TPSA) is 75.3 Å². The van der Waals surface area contributed by atoms with Gasteiger partial charge in [0.05, 0.1) is 11.5 Å². The Bertz CT molecular complexity index is 616. The Morgan fingerprint density at radius 3 is 2.85 bits per heavy atom. The number of urea groups is 1. The molecule has 1 fully saturated rings. The number of carbonyl (C=O) groups is 1. The summed E-state index contributed by atoms with van der Waals surface area (Å²) in [7, 11) is -2.94. The Balaban J connectivity index is 1.85. The monoisotopic (exact) mass is 300 g/mol. The van der Waals surface area contributed by atoms with Gasteiger partial charge in [-0.1, -0.05) is 6.07 Å². The van der Waals surface area contributed by atoms with Crippen LogP contribution in [-0.2, 0) is 9.84 Å². The van der Waals surface area contributed by atoms with E-state index in [-0.39, 0.29) is 17.4 Å². The van der Waals surface area contributed by atoms with E-state index in [9.17, 15) is 17.6 Å². The average Bonchev–Trinajstić information content (AvgIpc) is 2.71. The quantitative estimate of drug-likeness (QED) is 0.892. The first-order valence-electron chi connectivity index (χ1n) is 6.37. The van der Waals surface area contributed by atoms with Crippen molar-refractivity contribution in [3.8, 4) is 0 Å². The van der Waals surface area contributed by atoms with Gasteiger partial charge in [0.15, 0.2) is 9.84 Å². The van der Waals surface area contributed by atoms with Crippen molar-refractivity contribution in [2.45, 2.75) is 13.3 Å². The Hall–Kier alpha value is -1.63. The summed E-state index contributed by atoms with van der Waals surface area (Å²) in [5.74, 6) is -0.164. The number of halogens is 1. The number of nitrogens with one attached hydrogen (secondary N) is 2. The van der Waals surface area contributed by atoms with Crippen LogP contribution in [0.4, 0.5) is 14.9 Å². The molecule has 1 aliphatic rings. The molecule has 1 aromatic carbocycles. The molecule has 1 heterocycles. The maximum atomic E-state index is 13.1. The van der Waals surface area contributed by atoms with E-state index < -0.39 is 21.7 Å². The highest BCUT2D eigenvalue weighted by Gasteiger charge is 2.27. The Morgan fingerprint density at radius 1 is 1.45 bits per heavy atom. The van der Waals surface area contributed by atoms with Crippen molar-refractivity contribution in [3.05, 3.63) is 29.6 Å². The lowest BCUT2D eigenvalue weighted by Gasteiger charge is -2.12. The summed E-state index contributed by atoms with van der Waals surface area (Å²) >= 11 is 0. The van der Waals surface area contributed by atoms with E-state index in [1.165, 1.54) is 12.1 Å². The van der Waals surface area contributed by atoms with Gasteiger partial charge in [-0.2, -0.15) is 0 Å². The number of carbonyl (C=O) groups excluding carboxylic acids is 1. The lowest BCUT2D eigenvalue weighted by Crippen LogP contribution is -2.33. The van der Waals surface area contributed by atoms with Crippen LogP contribution in [0.5, 0.6) is 0 Å². The van der Waals surface area contributed by atoms with Gasteiger partial charge in [0.1, 0.15) is 5.82 Å². The summed E-state index contributed by atoms with van der Waals surface area (Å²) in [5, 5.41) is 5.18. The van der Waals surface area contributed by atoms with Crippen molar-refractivity contribution >= 4 is 21.6 Å². The van der Waals surface area contributed by atoms with Gasteiger partial charge in [-0.05, 0) is 37.0 Å². The van der Waals surface area contributed by atoms with Crippen LogP contribution in [0.1, 0.15) is 12.0 Å². The fraction of sp³-hybridized carbons (Fsp3) is 0.462. The van der Waals surface area contributed by atoms with E-state index in [2.05, 4.69) is 10.6 Å². The summed E-state index contributed by atoms with van der Waals surface area (Å²) in [4.78, 5) is 11.7. The fourth-order valence-electron chi connectivity index (χ4n) is 2.17. The molecule has 2 amide bonds. The van der Waals surface area contributed by atoms with Crippen molar-refractivity contribution in [2.75, 3.05) is 23.4 Å². The van der Waals surface area contributed by atoms with Crippen molar-refractivity contribution in [1.29, 1.82) is 0 Å². The second-order valence-electron chi connectivity index (χ2n) is 5.06. The molecular formula is C13H17FN2O3S. The highest BCUT2D eigenvalue weighted by molar-refractivity contribution is 7.91. The zero-order valence-electron chi connectivity index (χ0n) is 11.1. The zero-order valence-corrected chi connectivity index (χ0v) is 12.0. The molecular weight excluding hydrogens is 283 g/mol. The van der Waals surface area contributed by atoms with Crippen LogP contribution in [0.3, 0.4) is 0 Å². The largest absolute Gasteiger partial charge is 0.338 e. The van der Waals surface area contributed by atoms with Crippen LogP contribution < -0.4 is 10.6 Å². The van der Waals surface area contributed by atoms with Crippen molar-refractivity contribution in [3.63, 3.8) is 0 Å². The number of amides is 2. The molecule has 1 saturated heterocycles. The van der Waals surface area contributed by atoms with Crippen LogP contribution in [0.2, 0.25) is 0 Å². The standard InChI is InChI=1S/C13H17FN2O3S/c1-9-2-3-11(14)6-12(9)16-13(17)15-7-10-4-5-20(18,19)8-10/h2-3,6,10H,4-5,7-8H2,1H3,(H2,15,16,17)/t10-/m1/s1. The van der Waals surface area contributed by atoms with E-state index in [1.807, 2.05) is 0 Å². The molecule has 0 aromatic heterocycles. The third-order valence-electron chi connectivity index (χ3n) is 3.33. The number of rotatable bonds is 3. The molecule has 0 bridgehead atoms.